The van der Waals surface area contributed by atoms with Crippen molar-refractivity contribution >= 4 is 37.9 Å². The number of unbranched alkanes of at least 4 members (excludes halogenated alkanes) is 1. The third-order valence-corrected chi connectivity index (χ3v) is 4.00. The van der Waals surface area contributed by atoms with Gasteiger partial charge in [-0.2, -0.15) is 0 Å². The molecule has 0 aliphatic rings. The van der Waals surface area contributed by atoms with E-state index < -0.39 is 18.6 Å². The Morgan fingerprint density at radius 1 is 1.19 bits per heavy atom. The molecule has 0 amide bonds. The van der Waals surface area contributed by atoms with Gasteiger partial charge in [0.2, 0.25) is 0 Å². The van der Waals surface area contributed by atoms with Crippen molar-refractivity contribution in [3.8, 4) is 5.75 Å². The van der Waals surface area contributed by atoms with Gasteiger partial charge in [0, 0.05) is 6.54 Å². The van der Waals surface area contributed by atoms with Crippen LogP contribution in [0.2, 0.25) is 6.32 Å². The number of methoxy groups -OCH3 is 1. The SMILES string of the molecule is COc1ccc(CNCCC(N)(CCCCB(O)O)C(=O)O)cc1.Cl.Cl. The highest BCUT2D eigenvalue weighted by molar-refractivity contribution is 6.40. The molecule has 0 saturated heterocycles. The largest absolute Gasteiger partial charge is 0.497 e. The molecular formula is C16H29BCl2N2O5. The van der Waals surface area contributed by atoms with E-state index in [4.69, 9.17) is 20.5 Å². The molecule has 0 saturated carbocycles. The fourth-order valence-electron chi connectivity index (χ4n) is 2.39. The molecule has 0 spiro atoms. The Morgan fingerprint density at radius 2 is 1.81 bits per heavy atom. The highest BCUT2D eigenvalue weighted by atomic mass is 35.5. The first-order chi connectivity index (χ1) is 11.4. The first-order valence-electron chi connectivity index (χ1n) is 8.09. The summed E-state index contributed by atoms with van der Waals surface area (Å²) in [6.45, 7) is 1.11. The summed E-state index contributed by atoms with van der Waals surface area (Å²) in [6, 6.07) is 7.63. The van der Waals surface area contributed by atoms with Crippen molar-refractivity contribution in [1.29, 1.82) is 0 Å². The van der Waals surface area contributed by atoms with Crippen molar-refractivity contribution in [2.24, 2.45) is 5.73 Å². The lowest BCUT2D eigenvalue weighted by Crippen LogP contribution is -2.49. The van der Waals surface area contributed by atoms with Crippen LogP contribution in [-0.4, -0.2) is 47.4 Å². The molecule has 0 bridgehead atoms. The molecule has 0 aliphatic heterocycles. The van der Waals surface area contributed by atoms with E-state index in [0.717, 1.165) is 11.3 Å². The average Bonchev–Trinajstić information content (AvgIpc) is 2.56. The maximum Gasteiger partial charge on any atom is 0.451 e. The predicted octanol–water partition coefficient (Wildman–Crippen LogP) is 1.44. The van der Waals surface area contributed by atoms with E-state index in [1.807, 2.05) is 24.3 Å². The zero-order valence-electron chi connectivity index (χ0n) is 14.9. The first-order valence-corrected chi connectivity index (χ1v) is 8.09. The standard InChI is InChI=1S/C16H27BN2O5.2ClH/c1-24-14-6-4-13(5-7-14)12-19-11-9-16(18,15(20)21)8-2-3-10-17(22)23;;/h4-7,19,22-23H,2-3,8-12,18H2,1H3,(H,20,21);2*1H. The van der Waals surface area contributed by atoms with Crippen molar-refractivity contribution in [3.63, 3.8) is 0 Å². The van der Waals surface area contributed by atoms with Gasteiger partial charge in [-0.05, 0) is 43.4 Å². The quantitative estimate of drug-likeness (QED) is 0.260. The molecular weight excluding hydrogens is 382 g/mol. The molecule has 0 aromatic heterocycles. The molecule has 1 aromatic carbocycles. The smallest absolute Gasteiger partial charge is 0.451 e. The zero-order chi connectivity index (χ0) is 18.0. The molecule has 10 heteroatoms. The Balaban J connectivity index is 0. The summed E-state index contributed by atoms with van der Waals surface area (Å²) in [4.78, 5) is 11.4. The fourth-order valence-corrected chi connectivity index (χ4v) is 2.39. The number of carbonyl (C=O) groups is 1. The van der Waals surface area contributed by atoms with E-state index in [1.165, 1.54) is 0 Å². The monoisotopic (exact) mass is 410 g/mol. The van der Waals surface area contributed by atoms with Gasteiger partial charge in [-0.25, -0.2) is 0 Å². The van der Waals surface area contributed by atoms with Crippen molar-refractivity contribution in [1.82, 2.24) is 5.32 Å². The van der Waals surface area contributed by atoms with Crippen LogP contribution in [0.15, 0.2) is 24.3 Å². The second-order valence-corrected chi connectivity index (χ2v) is 5.96. The van der Waals surface area contributed by atoms with Crippen LogP contribution in [0, 0.1) is 0 Å². The molecule has 7 nitrogen and oxygen atoms in total. The van der Waals surface area contributed by atoms with Crippen LogP contribution in [0.3, 0.4) is 0 Å². The van der Waals surface area contributed by atoms with E-state index in [1.54, 1.807) is 7.11 Å². The van der Waals surface area contributed by atoms with Gasteiger partial charge in [0.1, 0.15) is 11.3 Å². The predicted molar refractivity (Wildman–Crippen MR) is 107 cm³/mol. The van der Waals surface area contributed by atoms with Gasteiger partial charge in [0.25, 0.3) is 0 Å². The van der Waals surface area contributed by atoms with E-state index in [2.05, 4.69) is 5.32 Å². The molecule has 1 unspecified atom stereocenters. The molecule has 1 atom stereocenters. The van der Waals surface area contributed by atoms with Crippen LogP contribution in [-0.2, 0) is 11.3 Å². The van der Waals surface area contributed by atoms with Crippen molar-refractivity contribution < 1.29 is 24.7 Å². The van der Waals surface area contributed by atoms with Gasteiger partial charge in [0.05, 0.1) is 7.11 Å². The van der Waals surface area contributed by atoms with Crippen LogP contribution < -0.4 is 15.8 Å². The summed E-state index contributed by atoms with van der Waals surface area (Å²) in [7, 11) is 0.259. The lowest BCUT2D eigenvalue weighted by Gasteiger charge is -2.25. The Bertz CT molecular complexity index is 508. The summed E-state index contributed by atoms with van der Waals surface area (Å²) in [5.74, 6) is -0.239. The summed E-state index contributed by atoms with van der Waals surface area (Å²) in [5.41, 5.74) is 5.77. The van der Waals surface area contributed by atoms with Gasteiger partial charge in [-0.15, -0.1) is 24.8 Å². The highest BCUT2D eigenvalue weighted by Crippen LogP contribution is 2.17. The van der Waals surface area contributed by atoms with Gasteiger partial charge in [-0.3, -0.25) is 4.79 Å². The van der Waals surface area contributed by atoms with Crippen LogP contribution in [0.1, 0.15) is 31.2 Å². The van der Waals surface area contributed by atoms with Crippen molar-refractivity contribution in [2.75, 3.05) is 13.7 Å². The number of hydrogen-bond acceptors (Lipinski definition) is 6. The number of aliphatic carboxylic acids is 1. The molecule has 0 radical (unpaired) electrons. The molecule has 1 aromatic rings. The Labute approximate surface area is 167 Å². The van der Waals surface area contributed by atoms with E-state index >= 15 is 0 Å². The van der Waals surface area contributed by atoms with Crippen LogP contribution >= 0.6 is 24.8 Å². The number of nitrogens with two attached hydrogens (primary N) is 1. The van der Waals surface area contributed by atoms with Gasteiger partial charge in [0.15, 0.2) is 0 Å². The number of ether oxygens (including phenoxy) is 1. The Kier molecular flexibility index (Phi) is 14.7. The van der Waals surface area contributed by atoms with Crippen LogP contribution in [0.25, 0.3) is 0 Å². The molecule has 0 fully saturated rings. The summed E-state index contributed by atoms with van der Waals surface area (Å²) in [6.07, 6.45) is 1.91. The van der Waals surface area contributed by atoms with E-state index in [9.17, 15) is 9.90 Å². The number of carboxylic acid groups (broad SMARTS) is 1. The molecule has 0 heterocycles. The minimum absolute atomic E-state index is 0. The lowest BCUT2D eigenvalue weighted by molar-refractivity contribution is -0.143. The lowest BCUT2D eigenvalue weighted by atomic mass is 9.81. The summed E-state index contributed by atoms with van der Waals surface area (Å²) in [5, 5.41) is 30.1. The Morgan fingerprint density at radius 3 is 2.31 bits per heavy atom. The maximum absolute atomic E-state index is 11.4. The van der Waals surface area contributed by atoms with Crippen molar-refractivity contribution in [2.45, 2.75) is 44.1 Å². The van der Waals surface area contributed by atoms with Gasteiger partial charge < -0.3 is 30.9 Å². The Hall–Kier alpha value is -1.03. The highest BCUT2D eigenvalue weighted by Gasteiger charge is 2.32. The number of halogens is 2. The van der Waals surface area contributed by atoms with Crippen LogP contribution in [0.4, 0.5) is 0 Å². The van der Waals surface area contributed by atoms with Crippen molar-refractivity contribution in [3.05, 3.63) is 29.8 Å². The molecule has 6 N–H and O–H groups in total. The zero-order valence-corrected chi connectivity index (χ0v) is 16.5. The number of rotatable bonds is 12. The van der Waals surface area contributed by atoms with E-state index in [0.29, 0.717) is 38.8 Å². The summed E-state index contributed by atoms with van der Waals surface area (Å²) >= 11 is 0. The third kappa shape index (κ3) is 10.2. The first kappa shape index (κ1) is 27.2. The molecule has 26 heavy (non-hydrogen) atoms. The number of hydrogen-bond donors (Lipinski definition) is 5. The molecule has 1 rings (SSSR count). The maximum atomic E-state index is 11.4. The number of nitrogens with one attached hydrogen (secondary N) is 1. The fraction of sp³-hybridized carbons (Fsp3) is 0.562. The molecule has 0 aliphatic carbocycles. The number of benzene rings is 1. The van der Waals surface area contributed by atoms with Crippen LogP contribution in [0.5, 0.6) is 5.75 Å². The summed E-state index contributed by atoms with van der Waals surface area (Å²) < 4.78 is 5.09. The topological polar surface area (TPSA) is 125 Å². The van der Waals surface area contributed by atoms with Gasteiger partial charge in [-0.1, -0.05) is 25.0 Å². The third-order valence-electron chi connectivity index (χ3n) is 4.00. The minimum Gasteiger partial charge on any atom is -0.497 e. The second kappa shape index (κ2) is 14.1. The second-order valence-electron chi connectivity index (χ2n) is 5.96. The number of carboxylic acids is 1. The average molecular weight is 411 g/mol. The van der Waals surface area contributed by atoms with E-state index in [-0.39, 0.29) is 31.1 Å². The van der Waals surface area contributed by atoms with Gasteiger partial charge >= 0.3 is 13.1 Å². The minimum atomic E-state index is -1.35. The molecule has 150 valence electrons. The normalized spacial score (nSPS) is 12.3.